The van der Waals surface area contributed by atoms with E-state index in [-0.39, 0.29) is 18.1 Å². The number of rotatable bonds is 4. The number of carbonyl (C=O) groups excluding carboxylic acids is 2. The van der Waals surface area contributed by atoms with Crippen LogP contribution in [0.2, 0.25) is 10.0 Å². The largest absolute Gasteiger partial charge is 0.495 e. The molecule has 0 spiro atoms. The lowest BCUT2D eigenvalue weighted by molar-refractivity contribution is -0.142. The Hall–Kier alpha value is -2.30. The molecular weight excluding hydrogens is 496 g/mol. The Labute approximate surface area is 205 Å². The molecule has 7 nitrogen and oxygen atoms in total. The maximum Gasteiger partial charge on any atom is 0.436 e. The molecule has 0 N–H and O–H groups in total. The molecule has 1 amide bonds. The zero-order valence-electron chi connectivity index (χ0n) is 18.9. The maximum absolute atomic E-state index is 12.8. The molecule has 4 rings (SSSR count). The first-order chi connectivity index (χ1) is 15.9. The number of amides is 1. The van der Waals surface area contributed by atoms with Crippen LogP contribution in [0.25, 0.3) is 0 Å². The number of aldehydes is 1. The minimum absolute atomic E-state index is 0.159. The minimum atomic E-state index is -4.62. The lowest BCUT2D eigenvalue weighted by atomic mass is 10.0. The standard InChI is InChI=1S/C14H18ClF3N4O.C8H7ClO2/c1-8-12(15)13(14(16,17)18)19-22(8)7-11(23)21-5-9-3-20(2)4-10(9)6-21;1-11-8-4-6(5-10)2-3-7(8)9/h9-10H,3-7H2,1-2H3;2-5H,1H3. The molecule has 0 saturated carbocycles. The van der Waals surface area contributed by atoms with Crippen molar-refractivity contribution in [2.24, 2.45) is 11.8 Å². The van der Waals surface area contributed by atoms with Crippen LogP contribution < -0.4 is 4.74 Å². The van der Waals surface area contributed by atoms with E-state index in [4.69, 9.17) is 27.9 Å². The summed E-state index contributed by atoms with van der Waals surface area (Å²) >= 11 is 11.4. The van der Waals surface area contributed by atoms with E-state index in [9.17, 15) is 22.8 Å². The van der Waals surface area contributed by atoms with Crippen molar-refractivity contribution >= 4 is 35.4 Å². The van der Waals surface area contributed by atoms with Crippen molar-refractivity contribution in [2.75, 3.05) is 40.3 Å². The van der Waals surface area contributed by atoms with Gasteiger partial charge in [0.15, 0.2) is 5.69 Å². The number of alkyl halides is 3. The zero-order chi connectivity index (χ0) is 25.2. The molecule has 0 radical (unpaired) electrons. The summed E-state index contributed by atoms with van der Waals surface area (Å²) < 4.78 is 44.4. The summed E-state index contributed by atoms with van der Waals surface area (Å²) in [6.07, 6.45) is -3.87. The Kier molecular flexibility index (Phi) is 8.15. The Morgan fingerprint density at radius 3 is 2.32 bits per heavy atom. The van der Waals surface area contributed by atoms with E-state index in [1.165, 1.54) is 14.0 Å². The minimum Gasteiger partial charge on any atom is -0.495 e. The average molecular weight is 521 g/mol. The van der Waals surface area contributed by atoms with E-state index in [1.807, 2.05) is 0 Å². The van der Waals surface area contributed by atoms with Crippen LogP contribution in [0.1, 0.15) is 21.7 Å². The van der Waals surface area contributed by atoms with Crippen molar-refractivity contribution in [1.82, 2.24) is 19.6 Å². The fourth-order valence-corrected chi connectivity index (χ4v) is 4.71. The van der Waals surface area contributed by atoms with E-state index in [0.29, 0.717) is 41.3 Å². The number of fused-ring (bicyclic) bond motifs is 1. The number of likely N-dealkylation sites (tertiary alicyclic amines) is 2. The summed E-state index contributed by atoms with van der Waals surface area (Å²) in [5.41, 5.74) is -0.415. The van der Waals surface area contributed by atoms with E-state index < -0.39 is 16.9 Å². The van der Waals surface area contributed by atoms with Gasteiger partial charge in [0.1, 0.15) is 18.6 Å². The fraction of sp³-hybridized carbons (Fsp3) is 0.500. The van der Waals surface area contributed by atoms with Gasteiger partial charge in [0.25, 0.3) is 0 Å². The van der Waals surface area contributed by atoms with Crippen molar-refractivity contribution in [1.29, 1.82) is 0 Å². The first-order valence-electron chi connectivity index (χ1n) is 10.5. The molecule has 2 unspecified atom stereocenters. The third kappa shape index (κ3) is 5.84. The lowest BCUT2D eigenvalue weighted by Crippen LogP contribution is -2.35. The van der Waals surface area contributed by atoms with Gasteiger partial charge in [-0.1, -0.05) is 23.2 Å². The Morgan fingerprint density at radius 1 is 1.21 bits per heavy atom. The third-order valence-corrected chi connectivity index (χ3v) is 6.78. The second-order valence-electron chi connectivity index (χ2n) is 8.46. The number of hydrogen-bond acceptors (Lipinski definition) is 5. The van der Waals surface area contributed by atoms with Crippen LogP contribution in [0.3, 0.4) is 0 Å². The number of benzene rings is 1. The number of nitrogens with zero attached hydrogens (tertiary/aromatic N) is 4. The summed E-state index contributed by atoms with van der Waals surface area (Å²) in [6, 6.07) is 4.86. The number of hydrogen-bond donors (Lipinski definition) is 0. The molecule has 2 fully saturated rings. The number of aromatic nitrogens is 2. The smallest absolute Gasteiger partial charge is 0.436 e. The quantitative estimate of drug-likeness (QED) is 0.569. The summed E-state index contributed by atoms with van der Waals surface area (Å²) in [5, 5.41) is 3.55. The molecule has 3 heterocycles. The molecular formula is C22H25Cl2F3N4O3. The van der Waals surface area contributed by atoms with Crippen molar-refractivity contribution < 1.29 is 27.5 Å². The molecule has 12 heteroatoms. The summed E-state index contributed by atoms with van der Waals surface area (Å²) in [5.74, 6) is 1.23. The van der Waals surface area contributed by atoms with Crippen LogP contribution in [-0.4, -0.2) is 72.1 Å². The van der Waals surface area contributed by atoms with Crippen molar-refractivity contribution in [3.8, 4) is 5.75 Å². The van der Waals surface area contributed by atoms with Crippen molar-refractivity contribution in [2.45, 2.75) is 19.6 Å². The van der Waals surface area contributed by atoms with Gasteiger partial charge in [-0.3, -0.25) is 14.3 Å². The van der Waals surface area contributed by atoms with Gasteiger partial charge >= 0.3 is 6.18 Å². The molecule has 2 aliphatic heterocycles. The molecule has 2 aliphatic rings. The van der Waals surface area contributed by atoms with E-state index in [0.717, 1.165) is 24.1 Å². The van der Waals surface area contributed by atoms with Crippen LogP contribution in [0, 0.1) is 18.8 Å². The Bertz CT molecular complexity index is 1050. The Morgan fingerprint density at radius 2 is 1.82 bits per heavy atom. The number of ether oxygens (including phenoxy) is 1. The third-order valence-electron chi connectivity index (χ3n) is 6.02. The summed E-state index contributed by atoms with van der Waals surface area (Å²) in [7, 11) is 3.56. The number of carbonyl (C=O) groups is 2. The molecule has 2 aromatic rings. The van der Waals surface area contributed by atoms with Gasteiger partial charge in [0.05, 0.1) is 22.8 Å². The number of methoxy groups -OCH3 is 1. The molecule has 0 aliphatic carbocycles. The van der Waals surface area contributed by atoms with E-state index >= 15 is 0 Å². The topological polar surface area (TPSA) is 67.7 Å². The Balaban J connectivity index is 0.000000248. The molecule has 186 valence electrons. The van der Waals surface area contributed by atoms with Crippen LogP contribution >= 0.6 is 23.2 Å². The predicted molar refractivity (Wildman–Crippen MR) is 121 cm³/mol. The van der Waals surface area contributed by atoms with Gasteiger partial charge in [-0.15, -0.1) is 0 Å². The van der Waals surface area contributed by atoms with Gasteiger partial charge in [0, 0.05) is 31.7 Å². The first-order valence-corrected chi connectivity index (χ1v) is 11.2. The second kappa shape index (κ2) is 10.5. The van der Waals surface area contributed by atoms with Crippen LogP contribution in [0.15, 0.2) is 18.2 Å². The van der Waals surface area contributed by atoms with Crippen molar-refractivity contribution in [3.05, 3.63) is 45.2 Å². The highest BCUT2D eigenvalue weighted by atomic mass is 35.5. The second-order valence-corrected chi connectivity index (χ2v) is 9.24. The average Bonchev–Trinajstić information content (AvgIpc) is 3.41. The van der Waals surface area contributed by atoms with Crippen LogP contribution in [0.4, 0.5) is 13.2 Å². The first kappa shape index (κ1) is 26.3. The fourth-order valence-electron chi connectivity index (χ4n) is 4.27. The summed E-state index contributed by atoms with van der Waals surface area (Å²) in [4.78, 5) is 26.6. The lowest BCUT2D eigenvalue weighted by Gasteiger charge is -2.19. The number of halogens is 5. The molecule has 2 atom stereocenters. The van der Waals surface area contributed by atoms with Gasteiger partial charge in [0.2, 0.25) is 5.91 Å². The van der Waals surface area contributed by atoms with Gasteiger partial charge < -0.3 is 14.5 Å². The van der Waals surface area contributed by atoms with Crippen molar-refractivity contribution in [3.63, 3.8) is 0 Å². The molecule has 0 bridgehead atoms. The van der Waals surface area contributed by atoms with Crippen LogP contribution in [-0.2, 0) is 17.5 Å². The maximum atomic E-state index is 12.8. The van der Waals surface area contributed by atoms with E-state index in [1.54, 1.807) is 23.1 Å². The SMILES string of the molecule is COc1cc(C=O)ccc1Cl.Cc1c(Cl)c(C(F)(F)F)nn1CC(=O)N1CC2CN(C)CC2C1. The highest BCUT2D eigenvalue weighted by Gasteiger charge is 2.41. The molecule has 34 heavy (non-hydrogen) atoms. The predicted octanol–water partition coefficient (Wildman–Crippen LogP) is 4.04. The molecule has 2 saturated heterocycles. The molecule has 1 aromatic heterocycles. The highest BCUT2D eigenvalue weighted by Crippen LogP contribution is 2.35. The normalized spacial score (nSPS) is 20.1. The summed E-state index contributed by atoms with van der Waals surface area (Å²) in [6.45, 7) is 4.46. The highest BCUT2D eigenvalue weighted by molar-refractivity contribution is 6.32. The van der Waals surface area contributed by atoms with Crippen LogP contribution in [0.5, 0.6) is 5.75 Å². The van der Waals surface area contributed by atoms with Gasteiger partial charge in [-0.25, -0.2) is 0 Å². The molecule has 1 aromatic carbocycles. The van der Waals surface area contributed by atoms with Gasteiger partial charge in [-0.2, -0.15) is 18.3 Å². The zero-order valence-corrected chi connectivity index (χ0v) is 20.4. The van der Waals surface area contributed by atoms with Gasteiger partial charge in [-0.05, 0) is 44.0 Å². The monoisotopic (exact) mass is 520 g/mol. The van der Waals surface area contributed by atoms with E-state index in [2.05, 4.69) is 17.0 Å².